The van der Waals surface area contributed by atoms with E-state index in [1.807, 2.05) is 24.0 Å². The van der Waals surface area contributed by atoms with Gasteiger partial charge in [0.2, 0.25) is 0 Å². The fourth-order valence-electron chi connectivity index (χ4n) is 0.652. The van der Waals surface area contributed by atoms with Crippen molar-refractivity contribution in [2.75, 3.05) is 7.05 Å². The molecular formula is C6H12INO. The predicted octanol–water partition coefficient (Wildman–Crippen LogP) is 1.49. The number of aldehydes is 1. The van der Waals surface area contributed by atoms with Gasteiger partial charge in [-0.2, -0.15) is 0 Å². The van der Waals surface area contributed by atoms with Crippen molar-refractivity contribution in [2.24, 2.45) is 5.92 Å². The summed E-state index contributed by atoms with van der Waals surface area (Å²) >= 11 is 2.12. The second-order valence-electron chi connectivity index (χ2n) is 2.40. The maximum absolute atomic E-state index is 10.3. The lowest BCUT2D eigenvalue weighted by atomic mass is 10.1. The van der Waals surface area contributed by atoms with Crippen LogP contribution >= 0.6 is 22.9 Å². The molecule has 0 aromatic rings. The van der Waals surface area contributed by atoms with Crippen LogP contribution in [0.15, 0.2) is 0 Å². The maximum atomic E-state index is 10.3. The number of likely N-dealkylation sites (N-methyl/N-ethyl adjacent to an activating group) is 1. The zero-order valence-electron chi connectivity index (χ0n) is 5.97. The summed E-state index contributed by atoms with van der Waals surface area (Å²) in [6.45, 7) is 4.07. The van der Waals surface area contributed by atoms with Crippen LogP contribution in [0.2, 0.25) is 0 Å². The van der Waals surface area contributed by atoms with Crippen molar-refractivity contribution in [1.29, 1.82) is 0 Å². The lowest BCUT2D eigenvalue weighted by molar-refractivity contribution is -0.111. The number of hydrogen-bond acceptors (Lipinski definition) is 2. The molecule has 2 nitrogen and oxygen atoms in total. The van der Waals surface area contributed by atoms with Gasteiger partial charge in [-0.15, -0.1) is 0 Å². The molecule has 0 saturated carbocycles. The van der Waals surface area contributed by atoms with Gasteiger partial charge in [0.15, 0.2) is 0 Å². The third-order valence-corrected chi connectivity index (χ3v) is 1.88. The quantitative estimate of drug-likeness (QED) is 0.424. The van der Waals surface area contributed by atoms with Crippen molar-refractivity contribution < 1.29 is 4.79 Å². The molecule has 0 amide bonds. The molecule has 0 aliphatic rings. The molecule has 54 valence electrons. The number of hydrogen-bond donors (Lipinski definition) is 0. The molecule has 0 heterocycles. The Morgan fingerprint density at radius 2 is 2.00 bits per heavy atom. The van der Waals surface area contributed by atoms with Crippen LogP contribution in [-0.2, 0) is 4.79 Å². The molecule has 0 bridgehead atoms. The molecular weight excluding hydrogens is 229 g/mol. The van der Waals surface area contributed by atoms with Crippen molar-refractivity contribution in [3.63, 3.8) is 0 Å². The van der Waals surface area contributed by atoms with E-state index in [1.165, 1.54) is 0 Å². The highest BCUT2D eigenvalue weighted by atomic mass is 127. The van der Waals surface area contributed by atoms with E-state index in [1.54, 1.807) is 0 Å². The summed E-state index contributed by atoms with van der Waals surface area (Å²) in [7, 11) is 1.90. The summed E-state index contributed by atoms with van der Waals surface area (Å²) in [5.74, 6) is 0.407. The van der Waals surface area contributed by atoms with Gasteiger partial charge in [-0.3, -0.25) is 0 Å². The average molecular weight is 241 g/mol. The van der Waals surface area contributed by atoms with Crippen LogP contribution in [0.25, 0.3) is 0 Å². The lowest BCUT2D eigenvalue weighted by Crippen LogP contribution is -2.29. The van der Waals surface area contributed by atoms with Gasteiger partial charge in [0.25, 0.3) is 0 Å². The van der Waals surface area contributed by atoms with Crippen molar-refractivity contribution in [1.82, 2.24) is 3.11 Å². The molecule has 0 rings (SSSR count). The van der Waals surface area contributed by atoms with Gasteiger partial charge in [-0.1, -0.05) is 13.8 Å². The van der Waals surface area contributed by atoms with Gasteiger partial charge < -0.3 is 4.79 Å². The minimum absolute atomic E-state index is 0.0607. The number of carbonyl (C=O) groups is 1. The second kappa shape index (κ2) is 4.22. The largest absolute Gasteiger partial charge is 0.302 e. The van der Waals surface area contributed by atoms with Crippen LogP contribution in [0.3, 0.4) is 0 Å². The highest BCUT2D eigenvalue weighted by Gasteiger charge is 2.14. The van der Waals surface area contributed by atoms with E-state index < -0.39 is 0 Å². The van der Waals surface area contributed by atoms with Crippen molar-refractivity contribution in [3.8, 4) is 0 Å². The van der Waals surface area contributed by atoms with E-state index in [2.05, 4.69) is 22.9 Å². The third-order valence-electron chi connectivity index (χ3n) is 1.23. The molecule has 0 aliphatic heterocycles. The fourth-order valence-corrected chi connectivity index (χ4v) is 1.43. The van der Waals surface area contributed by atoms with E-state index in [0.717, 1.165) is 6.29 Å². The molecule has 0 radical (unpaired) electrons. The van der Waals surface area contributed by atoms with Crippen molar-refractivity contribution in [2.45, 2.75) is 19.9 Å². The van der Waals surface area contributed by atoms with Crippen molar-refractivity contribution >= 4 is 29.2 Å². The molecule has 1 atom stereocenters. The Morgan fingerprint density at radius 1 is 1.56 bits per heavy atom. The zero-order chi connectivity index (χ0) is 7.44. The highest BCUT2D eigenvalue weighted by Crippen LogP contribution is 2.09. The first-order valence-electron chi connectivity index (χ1n) is 2.93. The van der Waals surface area contributed by atoms with Crippen LogP contribution in [-0.4, -0.2) is 22.5 Å². The Kier molecular flexibility index (Phi) is 4.39. The van der Waals surface area contributed by atoms with Crippen LogP contribution in [0.1, 0.15) is 13.8 Å². The van der Waals surface area contributed by atoms with Gasteiger partial charge >= 0.3 is 0 Å². The summed E-state index contributed by atoms with van der Waals surface area (Å²) in [6, 6.07) is 0.0607. The lowest BCUT2D eigenvalue weighted by Gasteiger charge is -2.19. The molecule has 0 spiro atoms. The van der Waals surface area contributed by atoms with Gasteiger partial charge in [-0.25, -0.2) is 3.11 Å². The molecule has 0 saturated heterocycles. The Morgan fingerprint density at radius 3 is 2.00 bits per heavy atom. The summed E-state index contributed by atoms with van der Waals surface area (Å²) in [5, 5.41) is 0. The first-order chi connectivity index (χ1) is 4.09. The van der Waals surface area contributed by atoms with Crippen LogP contribution in [0, 0.1) is 5.92 Å². The molecule has 0 aromatic heterocycles. The molecule has 0 aromatic carbocycles. The Balaban J connectivity index is 3.82. The molecule has 3 heteroatoms. The van der Waals surface area contributed by atoms with E-state index >= 15 is 0 Å². The fraction of sp³-hybridized carbons (Fsp3) is 0.833. The SMILES string of the molecule is CC(C)C(C=O)N(C)I. The first kappa shape index (κ1) is 9.36. The molecule has 1 unspecified atom stereocenters. The van der Waals surface area contributed by atoms with Gasteiger partial charge in [-0.05, 0) is 13.0 Å². The number of carbonyl (C=O) groups excluding carboxylic acids is 1. The van der Waals surface area contributed by atoms with Gasteiger partial charge in [0.05, 0.1) is 6.04 Å². The van der Waals surface area contributed by atoms with Crippen molar-refractivity contribution in [3.05, 3.63) is 0 Å². The smallest absolute Gasteiger partial charge is 0.138 e. The number of nitrogens with zero attached hydrogens (tertiary/aromatic N) is 1. The Labute approximate surface area is 70.1 Å². The first-order valence-corrected chi connectivity index (χ1v) is 3.90. The van der Waals surface area contributed by atoms with E-state index in [-0.39, 0.29) is 6.04 Å². The average Bonchev–Trinajstić information content (AvgIpc) is 1.64. The second-order valence-corrected chi connectivity index (χ2v) is 3.92. The minimum atomic E-state index is 0.0607. The molecule has 0 fully saturated rings. The summed E-state index contributed by atoms with van der Waals surface area (Å²) in [5.41, 5.74) is 0. The number of halogens is 1. The normalized spacial score (nSPS) is 14.4. The van der Waals surface area contributed by atoms with Crippen LogP contribution in [0.5, 0.6) is 0 Å². The zero-order valence-corrected chi connectivity index (χ0v) is 8.12. The van der Waals surface area contributed by atoms with E-state index in [0.29, 0.717) is 5.92 Å². The van der Waals surface area contributed by atoms with E-state index in [9.17, 15) is 4.79 Å². The predicted molar refractivity (Wildman–Crippen MR) is 46.5 cm³/mol. The monoisotopic (exact) mass is 241 g/mol. The highest BCUT2D eigenvalue weighted by molar-refractivity contribution is 14.1. The third kappa shape index (κ3) is 3.15. The maximum Gasteiger partial charge on any atom is 0.138 e. The standard InChI is InChI=1S/C6H12INO/c1-5(2)6(4-9)8(3)7/h4-6H,1-3H3. The number of rotatable bonds is 3. The van der Waals surface area contributed by atoms with E-state index in [4.69, 9.17) is 0 Å². The van der Waals surface area contributed by atoms with Crippen LogP contribution in [0.4, 0.5) is 0 Å². The topological polar surface area (TPSA) is 20.3 Å². The summed E-state index contributed by atoms with van der Waals surface area (Å²) in [6.07, 6.45) is 0.983. The molecule has 0 N–H and O–H groups in total. The van der Waals surface area contributed by atoms with Gasteiger partial charge in [0, 0.05) is 22.9 Å². The Hall–Kier alpha value is 0.360. The molecule has 0 aliphatic carbocycles. The summed E-state index contributed by atoms with van der Waals surface area (Å²) < 4.78 is 1.90. The minimum Gasteiger partial charge on any atom is -0.302 e. The Bertz CT molecular complexity index is 85.1. The summed E-state index contributed by atoms with van der Waals surface area (Å²) in [4.78, 5) is 10.3. The molecule has 9 heavy (non-hydrogen) atoms. The van der Waals surface area contributed by atoms with Crippen LogP contribution < -0.4 is 0 Å². The van der Waals surface area contributed by atoms with Gasteiger partial charge in [0.1, 0.15) is 6.29 Å².